The van der Waals surface area contributed by atoms with E-state index in [4.69, 9.17) is 0 Å². The average Bonchev–Trinajstić information content (AvgIpc) is 2.79. The molecule has 2 amide bonds. The molecule has 0 saturated carbocycles. The number of hydrazone groups is 1. The zero-order valence-electron chi connectivity index (χ0n) is 17.9. The van der Waals surface area contributed by atoms with Gasteiger partial charge in [0.15, 0.2) is 0 Å². The third-order valence-electron chi connectivity index (χ3n) is 4.50. The molecule has 1 N–H and O–H groups in total. The number of rotatable bonds is 8. The normalized spacial score (nSPS) is 11.3. The van der Waals surface area contributed by atoms with E-state index in [0.29, 0.717) is 11.1 Å². The van der Waals surface area contributed by atoms with Crippen LogP contribution in [-0.4, -0.2) is 35.1 Å². The van der Waals surface area contributed by atoms with E-state index in [0.717, 1.165) is 17.1 Å². The van der Waals surface area contributed by atoms with Crippen molar-refractivity contribution in [2.24, 2.45) is 5.10 Å². The Morgan fingerprint density at radius 1 is 1.09 bits per heavy atom. The zero-order chi connectivity index (χ0) is 25.4. The molecule has 182 valence electrons. The van der Waals surface area contributed by atoms with Crippen LogP contribution in [0.4, 0.5) is 33.7 Å². The summed E-state index contributed by atoms with van der Waals surface area (Å²) in [5, 5.41) is 18.6. The van der Waals surface area contributed by atoms with Gasteiger partial charge in [-0.15, -0.1) is 13.2 Å². The SMILES string of the molecule is O=C(Nc1ccc(OC(F)(F)F)cc1)N(CCc1cccc([N+](=O)[O-])c1)/N=C/c1cccc(F)c1. The lowest BCUT2D eigenvalue weighted by molar-refractivity contribution is -0.384. The van der Waals surface area contributed by atoms with Gasteiger partial charge in [-0.1, -0.05) is 24.3 Å². The summed E-state index contributed by atoms with van der Waals surface area (Å²) >= 11 is 0. The van der Waals surface area contributed by atoms with E-state index in [1.807, 2.05) is 0 Å². The molecule has 0 bridgehead atoms. The molecule has 3 aromatic rings. The minimum atomic E-state index is -4.85. The minimum Gasteiger partial charge on any atom is -0.406 e. The molecule has 0 saturated heterocycles. The van der Waals surface area contributed by atoms with Crippen molar-refractivity contribution in [1.82, 2.24) is 5.01 Å². The largest absolute Gasteiger partial charge is 0.573 e. The summed E-state index contributed by atoms with van der Waals surface area (Å²) in [7, 11) is 0. The highest BCUT2D eigenvalue weighted by Crippen LogP contribution is 2.24. The predicted molar refractivity (Wildman–Crippen MR) is 120 cm³/mol. The summed E-state index contributed by atoms with van der Waals surface area (Å²) in [6.45, 7) is -0.00587. The van der Waals surface area contributed by atoms with Crippen molar-refractivity contribution in [2.45, 2.75) is 12.8 Å². The number of amides is 2. The molecule has 0 aliphatic heterocycles. The van der Waals surface area contributed by atoms with Gasteiger partial charge in [0.2, 0.25) is 0 Å². The summed E-state index contributed by atoms with van der Waals surface area (Å²) in [4.78, 5) is 23.3. The van der Waals surface area contributed by atoms with Gasteiger partial charge < -0.3 is 10.1 Å². The molecule has 35 heavy (non-hydrogen) atoms. The van der Waals surface area contributed by atoms with E-state index < -0.39 is 28.9 Å². The van der Waals surface area contributed by atoms with Crippen LogP contribution < -0.4 is 10.1 Å². The molecule has 3 aromatic carbocycles. The molecule has 0 heterocycles. The Morgan fingerprint density at radius 2 is 1.80 bits per heavy atom. The van der Waals surface area contributed by atoms with Gasteiger partial charge in [0.25, 0.3) is 5.69 Å². The number of carbonyl (C=O) groups is 1. The van der Waals surface area contributed by atoms with Crippen LogP contribution in [-0.2, 0) is 6.42 Å². The first kappa shape index (κ1) is 25.1. The van der Waals surface area contributed by atoms with Crippen LogP contribution in [0.15, 0.2) is 77.9 Å². The highest BCUT2D eigenvalue weighted by molar-refractivity contribution is 5.90. The topological polar surface area (TPSA) is 97.1 Å². The number of nitrogens with zero attached hydrogens (tertiary/aromatic N) is 3. The van der Waals surface area contributed by atoms with Crippen molar-refractivity contribution in [3.63, 3.8) is 0 Å². The van der Waals surface area contributed by atoms with Crippen molar-refractivity contribution >= 4 is 23.6 Å². The maximum Gasteiger partial charge on any atom is 0.573 e. The smallest absolute Gasteiger partial charge is 0.406 e. The number of nitrogens with one attached hydrogen (secondary N) is 1. The summed E-state index contributed by atoms with van der Waals surface area (Å²) in [5.74, 6) is -0.954. The number of hydrogen-bond acceptors (Lipinski definition) is 5. The molecule has 12 heteroatoms. The van der Waals surface area contributed by atoms with Crippen molar-refractivity contribution in [3.05, 3.63) is 99.9 Å². The highest BCUT2D eigenvalue weighted by Gasteiger charge is 2.31. The second kappa shape index (κ2) is 11.1. The number of nitro benzene ring substituents is 1. The Labute approximate surface area is 196 Å². The molecule has 0 fully saturated rings. The fourth-order valence-electron chi connectivity index (χ4n) is 2.92. The van der Waals surface area contributed by atoms with E-state index in [1.54, 1.807) is 12.1 Å². The number of alkyl halides is 3. The minimum absolute atomic E-state index is 0.00587. The Balaban J connectivity index is 1.75. The standard InChI is InChI=1S/C23H18F4N4O4/c24-18-5-1-4-17(13-18)15-28-30(12-11-16-3-2-6-20(14-16)31(33)34)22(32)29-19-7-9-21(10-8-19)35-23(25,26)27/h1-10,13-15H,11-12H2,(H,29,32)/b28-15+. The molecule has 0 atom stereocenters. The first-order valence-electron chi connectivity index (χ1n) is 10.1. The molecule has 0 aromatic heterocycles. The van der Waals surface area contributed by atoms with Gasteiger partial charge in [0, 0.05) is 17.8 Å². The van der Waals surface area contributed by atoms with Crippen LogP contribution >= 0.6 is 0 Å². The Hall–Kier alpha value is -4.48. The number of non-ortho nitro benzene ring substituents is 1. The summed E-state index contributed by atoms with van der Waals surface area (Å²) in [5.41, 5.74) is 1.02. The van der Waals surface area contributed by atoms with Crippen LogP contribution in [0.25, 0.3) is 0 Å². The van der Waals surface area contributed by atoms with Crippen molar-refractivity contribution < 1.29 is 32.0 Å². The Morgan fingerprint density at radius 3 is 2.46 bits per heavy atom. The number of halogens is 4. The van der Waals surface area contributed by atoms with Crippen molar-refractivity contribution in [1.29, 1.82) is 0 Å². The van der Waals surface area contributed by atoms with Gasteiger partial charge >= 0.3 is 12.4 Å². The van der Waals surface area contributed by atoms with E-state index in [1.165, 1.54) is 54.7 Å². The summed E-state index contributed by atoms with van der Waals surface area (Å²) in [6.07, 6.45) is -3.38. The van der Waals surface area contributed by atoms with Gasteiger partial charge in [0.05, 0.1) is 17.7 Å². The Kier molecular flexibility index (Phi) is 7.97. The molecule has 8 nitrogen and oxygen atoms in total. The summed E-state index contributed by atoms with van der Waals surface area (Å²) in [6, 6.07) is 15.1. The van der Waals surface area contributed by atoms with Gasteiger partial charge in [-0.3, -0.25) is 10.1 Å². The maximum absolute atomic E-state index is 13.5. The first-order valence-corrected chi connectivity index (χ1v) is 10.1. The number of benzene rings is 3. The molecule has 0 unspecified atom stereocenters. The summed E-state index contributed by atoms with van der Waals surface area (Å²) < 4.78 is 54.2. The molecular formula is C23H18F4N4O4. The van der Waals surface area contributed by atoms with E-state index in [9.17, 15) is 32.5 Å². The molecule has 0 spiro atoms. The lowest BCUT2D eigenvalue weighted by Crippen LogP contribution is -2.32. The van der Waals surface area contributed by atoms with Crippen molar-refractivity contribution in [2.75, 3.05) is 11.9 Å². The Bertz CT molecular complexity index is 1220. The van der Waals surface area contributed by atoms with Crippen LogP contribution in [0.5, 0.6) is 5.75 Å². The number of carbonyl (C=O) groups excluding carboxylic acids is 1. The van der Waals surface area contributed by atoms with E-state index in [2.05, 4.69) is 15.2 Å². The molecule has 0 aliphatic rings. The van der Waals surface area contributed by atoms with Crippen molar-refractivity contribution in [3.8, 4) is 5.75 Å². The number of urea groups is 1. The number of ether oxygens (including phenoxy) is 1. The van der Waals surface area contributed by atoms with Gasteiger partial charge in [0.1, 0.15) is 11.6 Å². The number of nitro groups is 1. The number of anilines is 1. The average molecular weight is 490 g/mol. The third kappa shape index (κ3) is 8.11. The molecule has 3 rings (SSSR count). The third-order valence-corrected chi connectivity index (χ3v) is 4.50. The van der Waals surface area contributed by atoms with Gasteiger partial charge in [-0.2, -0.15) is 5.10 Å². The zero-order valence-corrected chi connectivity index (χ0v) is 17.9. The van der Waals surface area contributed by atoms with Gasteiger partial charge in [-0.25, -0.2) is 14.2 Å². The second-order valence-electron chi connectivity index (χ2n) is 7.10. The molecule has 0 aliphatic carbocycles. The fourth-order valence-corrected chi connectivity index (χ4v) is 2.92. The maximum atomic E-state index is 13.5. The second-order valence-corrected chi connectivity index (χ2v) is 7.10. The van der Waals surface area contributed by atoms with Crippen LogP contribution in [0.2, 0.25) is 0 Å². The lowest BCUT2D eigenvalue weighted by atomic mass is 10.1. The first-order chi connectivity index (χ1) is 16.6. The molecule has 0 radical (unpaired) electrons. The van der Waals surface area contributed by atoms with E-state index >= 15 is 0 Å². The monoisotopic (exact) mass is 490 g/mol. The number of hydrogen-bond donors (Lipinski definition) is 1. The lowest BCUT2D eigenvalue weighted by Gasteiger charge is -2.18. The van der Waals surface area contributed by atoms with Crippen LogP contribution in [0, 0.1) is 15.9 Å². The van der Waals surface area contributed by atoms with Crippen LogP contribution in [0.1, 0.15) is 11.1 Å². The fraction of sp³-hybridized carbons (Fsp3) is 0.130. The van der Waals surface area contributed by atoms with Crippen LogP contribution in [0.3, 0.4) is 0 Å². The predicted octanol–water partition coefficient (Wildman–Crippen LogP) is 5.74. The quantitative estimate of drug-likeness (QED) is 0.188. The highest BCUT2D eigenvalue weighted by atomic mass is 19.4. The van der Waals surface area contributed by atoms with E-state index in [-0.39, 0.29) is 24.3 Å². The van der Waals surface area contributed by atoms with Gasteiger partial charge in [-0.05, 0) is 53.9 Å². The molecular weight excluding hydrogens is 472 g/mol.